The fourth-order valence-electron chi connectivity index (χ4n) is 4.63. The monoisotopic (exact) mass is 494 g/mol. The molecule has 2 atom stereocenters. The van der Waals surface area contributed by atoms with Gasteiger partial charge in [-0.05, 0) is 43.9 Å². The third-order valence-electron chi connectivity index (χ3n) is 6.30. The molecular formula is C26H39ClN2O5. The van der Waals surface area contributed by atoms with Gasteiger partial charge in [0.1, 0.15) is 0 Å². The van der Waals surface area contributed by atoms with Crippen molar-refractivity contribution in [3.63, 3.8) is 0 Å². The number of aryl methyl sites for hydroxylation is 1. The Bertz CT molecular complexity index is 920. The minimum atomic E-state index is -0.250. The zero-order valence-corrected chi connectivity index (χ0v) is 21.8. The number of nitrogens with zero attached hydrogens (tertiary/aromatic N) is 2. The first-order valence-electron chi connectivity index (χ1n) is 11.7. The number of pyridine rings is 1. The molecule has 1 aliphatic carbocycles. The van der Waals surface area contributed by atoms with Crippen molar-refractivity contribution < 1.29 is 19.4 Å². The van der Waals surface area contributed by atoms with Crippen LogP contribution in [0, 0.1) is 11.3 Å². The van der Waals surface area contributed by atoms with Crippen LogP contribution in [0.5, 0.6) is 0 Å². The Morgan fingerprint density at radius 1 is 1.38 bits per heavy atom. The summed E-state index contributed by atoms with van der Waals surface area (Å²) in [7, 11) is 1.67. The molecule has 1 fully saturated rings. The van der Waals surface area contributed by atoms with E-state index in [4.69, 9.17) is 31.0 Å². The largest absolute Gasteiger partial charge is 0.490 e. The van der Waals surface area contributed by atoms with Gasteiger partial charge in [0.05, 0.1) is 6.61 Å². The standard InChI is InChI=1S/C25H37ClN2O3.CH2O2/c1-7-18(16-22(24(26)27-5)31-15-9-14-30-6)20-10-12-25(3,4)23(20)28-13-11-21(29)19(8-2)17-28;2-1-3/h11,13,16-17,20,23H,5,7-10,12,14-15H2,1-4,6H3;1H,(H,2,3)/b18-16+,24-22+;. The van der Waals surface area contributed by atoms with Crippen molar-refractivity contribution in [2.24, 2.45) is 16.3 Å². The van der Waals surface area contributed by atoms with Gasteiger partial charge < -0.3 is 19.1 Å². The second-order valence-corrected chi connectivity index (χ2v) is 9.26. The van der Waals surface area contributed by atoms with E-state index in [0.29, 0.717) is 24.9 Å². The molecular weight excluding hydrogens is 456 g/mol. The second kappa shape index (κ2) is 14.8. The van der Waals surface area contributed by atoms with E-state index in [1.807, 2.05) is 25.4 Å². The molecule has 8 heteroatoms. The number of allylic oxidation sites excluding steroid dienone is 2. The van der Waals surface area contributed by atoms with E-state index in [1.165, 1.54) is 5.57 Å². The Balaban J connectivity index is 0.00000182. The molecule has 7 nitrogen and oxygen atoms in total. The minimum absolute atomic E-state index is 0.0999. The van der Waals surface area contributed by atoms with Crippen molar-refractivity contribution >= 4 is 24.8 Å². The van der Waals surface area contributed by atoms with Crippen molar-refractivity contribution in [2.45, 2.75) is 65.8 Å². The normalized spacial score (nSPS) is 20.1. The maximum absolute atomic E-state index is 12.2. The molecule has 0 saturated heterocycles. The molecule has 34 heavy (non-hydrogen) atoms. The summed E-state index contributed by atoms with van der Waals surface area (Å²) < 4.78 is 13.3. The fourth-order valence-corrected chi connectivity index (χ4v) is 4.74. The van der Waals surface area contributed by atoms with Crippen LogP contribution >= 0.6 is 11.6 Å². The SMILES string of the molecule is C=N/C(Cl)=C(\C=C(/CC)C1CCC(C)(C)C1n1ccc(=O)c(CC)c1)OCCCOC.O=CO. The molecule has 1 aromatic heterocycles. The topological polar surface area (TPSA) is 90.1 Å². The van der Waals surface area contributed by atoms with Crippen LogP contribution in [0.4, 0.5) is 0 Å². The lowest BCUT2D eigenvalue weighted by Crippen LogP contribution is -2.28. The molecule has 1 saturated carbocycles. The highest BCUT2D eigenvalue weighted by Crippen LogP contribution is 2.52. The van der Waals surface area contributed by atoms with E-state index in [1.54, 1.807) is 13.2 Å². The van der Waals surface area contributed by atoms with Gasteiger partial charge >= 0.3 is 0 Å². The molecule has 1 heterocycles. The van der Waals surface area contributed by atoms with Crippen LogP contribution < -0.4 is 5.43 Å². The molecule has 0 amide bonds. The van der Waals surface area contributed by atoms with Crippen LogP contribution in [0.3, 0.4) is 0 Å². The summed E-state index contributed by atoms with van der Waals surface area (Å²) in [6.45, 7) is 13.2. The number of aromatic nitrogens is 1. The van der Waals surface area contributed by atoms with Gasteiger partial charge in [-0.15, -0.1) is 0 Å². The van der Waals surface area contributed by atoms with E-state index in [9.17, 15) is 4.79 Å². The Hall–Kier alpha value is -2.38. The van der Waals surface area contributed by atoms with Crippen molar-refractivity contribution in [3.8, 4) is 0 Å². The summed E-state index contributed by atoms with van der Waals surface area (Å²) in [6.07, 6.45) is 10.6. The first kappa shape index (κ1) is 29.7. The number of carbonyl (C=O) groups is 1. The average molecular weight is 495 g/mol. The van der Waals surface area contributed by atoms with Crippen LogP contribution in [0.25, 0.3) is 0 Å². The third kappa shape index (κ3) is 8.13. The quantitative estimate of drug-likeness (QED) is 0.108. The molecule has 0 bridgehead atoms. The molecule has 1 aromatic rings. The Morgan fingerprint density at radius 3 is 2.62 bits per heavy atom. The van der Waals surface area contributed by atoms with Crippen LogP contribution in [-0.4, -0.2) is 43.2 Å². The van der Waals surface area contributed by atoms with E-state index in [0.717, 1.165) is 37.7 Å². The lowest BCUT2D eigenvalue weighted by Gasteiger charge is -2.34. The number of ether oxygens (including phenoxy) is 2. The molecule has 2 unspecified atom stereocenters. The zero-order chi connectivity index (χ0) is 25.7. The van der Waals surface area contributed by atoms with Gasteiger partial charge in [-0.2, -0.15) is 0 Å². The molecule has 2 rings (SSSR count). The van der Waals surface area contributed by atoms with Crippen LogP contribution in [-0.2, 0) is 20.7 Å². The lowest BCUT2D eigenvalue weighted by atomic mass is 9.81. The van der Waals surface area contributed by atoms with E-state index in [2.05, 4.69) is 37.0 Å². The summed E-state index contributed by atoms with van der Waals surface area (Å²) in [4.78, 5) is 24.4. The summed E-state index contributed by atoms with van der Waals surface area (Å²) in [6, 6.07) is 1.94. The van der Waals surface area contributed by atoms with Crippen molar-refractivity contribution in [3.05, 3.63) is 56.8 Å². The van der Waals surface area contributed by atoms with Crippen molar-refractivity contribution in [1.29, 1.82) is 0 Å². The maximum atomic E-state index is 12.2. The van der Waals surface area contributed by atoms with Gasteiger partial charge in [0.15, 0.2) is 16.3 Å². The number of methoxy groups -OCH3 is 1. The smallest absolute Gasteiger partial charge is 0.290 e. The van der Waals surface area contributed by atoms with Gasteiger partial charge in [0.2, 0.25) is 0 Å². The Labute approximate surface area is 208 Å². The number of hydrogen-bond donors (Lipinski definition) is 1. The second-order valence-electron chi connectivity index (χ2n) is 8.90. The first-order chi connectivity index (χ1) is 16.2. The third-order valence-corrected chi connectivity index (χ3v) is 6.60. The zero-order valence-electron chi connectivity index (χ0n) is 21.1. The number of halogens is 1. The highest BCUT2D eigenvalue weighted by molar-refractivity contribution is 6.30. The van der Waals surface area contributed by atoms with E-state index >= 15 is 0 Å². The number of hydrogen-bond acceptors (Lipinski definition) is 5. The molecule has 0 aliphatic heterocycles. The highest BCUT2D eigenvalue weighted by atomic mass is 35.5. The number of carboxylic acid groups (broad SMARTS) is 1. The molecule has 0 aromatic carbocycles. The van der Waals surface area contributed by atoms with E-state index in [-0.39, 0.29) is 28.5 Å². The predicted molar refractivity (Wildman–Crippen MR) is 138 cm³/mol. The summed E-state index contributed by atoms with van der Waals surface area (Å²) in [5.74, 6) is 0.876. The fraction of sp³-hybridized carbons (Fsp3) is 0.577. The minimum Gasteiger partial charge on any atom is -0.490 e. The summed E-state index contributed by atoms with van der Waals surface area (Å²) in [5.41, 5.74) is 2.33. The highest BCUT2D eigenvalue weighted by Gasteiger charge is 2.43. The average Bonchev–Trinajstić information content (AvgIpc) is 3.13. The Kier molecular flexibility index (Phi) is 12.9. The van der Waals surface area contributed by atoms with Gasteiger partial charge in [0, 0.05) is 56.1 Å². The number of aliphatic imine (C=N–C) groups is 1. The molecule has 0 radical (unpaired) electrons. The van der Waals surface area contributed by atoms with E-state index < -0.39 is 0 Å². The van der Waals surface area contributed by atoms with Gasteiger partial charge in [-0.25, -0.2) is 4.99 Å². The van der Waals surface area contributed by atoms with Crippen LogP contribution in [0.15, 0.2) is 50.8 Å². The van der Waals surface area contributed by atoms with Gasteiger partial charge in [-0.3, -0.25) is 9.59 Å². The lowest BCUT2D eigenvalue weighted by molar-refractivity contribution is -0.122. The Morgan fingerprint density at radius 2 is 2.06 bits per heavy atom. The molecule has 1 aliphatic rings. The molecule has 1 N–H and O–H groups in total. The van der Waals surface area contributed by atoms with Crippen molar-refractivity contribution in [2.75, 3.05) is 20.3 Å². The summed E-state index contributed by atoms with van der Waals surface area (Å²) >= 11 is 6.33. The number of rotatable bonds is 11. The van der Waals surface area contributed by atoms with Crippen LogP contribution in [0.2, 0.25) is 0 Å². The van der Waals surface area contributed by atoms with Gasteiger partial charge in [0.25, 0.3) is 6.47 Å². The maximum Gasteiger partial charge on any atom is 0.290 e. The first-order valence-corrected chi connectivity index (χ1v) is 12.1. The van der Waals surface area contributed by atoms with Crippen LogP contribution in [0.1, 0.15) is 65.0 Å². The predicted octanol–water partition coefficient (Wildman–Crippen LogP) is 5.59. The molecule has 0 spiro atoms. The van der Waals surface area contributed by atoms with Crippen molar-refractivity contribution in [1.82, 2.24) is 4.57 Å². The van der Waals surface area contributed by atoms with Gasteiger partial charge in [-0.1, -0.05) is 44.9 Å². The summed E-state index contributed by atoms with van der Waals surface area (Å²) in [5, 5.41) is 7.16. The molecule has 190 valence electrons.